The number of aromatic nitrogens is 2. The van der Waals surface area contributed by atoms with Crippen molar-refractivity contribution < 1.29 is 33.8 Å². The molecule has 0 saturated heterocycles. The van der Waals surface area contributed by atoms with E-state index in [2.05, 4.69) is 10.1 Å². The molecule has 0 saturated carbocycles. The number of benzene rings is 2. The number of aromatic carboxylic acids is 1. The number of esters is 2. The molecule has 0 unspecified atom stereocenters. The number of amides is 1. The van der Waals surface area contributed by atoms with E-state index in [-0.39, 0.29) is 25.3 Å². The predicted octanol–water partition coefficient (Wildman–Crippen LogP) is 8.01. The molecule has 0 radical (unpaired) electrons. The number of rotatable bonds is 6. The zero-order valence-electron chi connectivity index (χ0n) is 28.5. The van der Waals surface area contributed by atoms with Crippen molar-refractivity contribution in [2.45, 2.75) is 21.3 Å². The molecular formula is C37H42N4O7S2. The second-order valence-corrected chi connectivity index (χ2v) is 13.3. The molecule has 4 heterocycles. The second kappa shape index (κ2) is 16.8. The van der Waals surface area contributed by atoms with Crippen molar-refractivity contribution in [3.8, 4) is 0 Å². The number of nitrogens with one attached hydrogen (secondary N) is 1. The fourth-order valence-corrected chi connectivity index (χ4v) is 6.94. The van der Waals surface area contributed by atoms with Gasteiger partial charge in [-0.25, -0.2) is 14.4 Å². The third-order valence-corrected chi connectivity index (χ3v) is 9.68. The normalized spacial score (nSPS) is 10.2. The van der Waals surface area contributed by atoms with Crippen molar-refractivity contribution in [1.82, 2.24) is 9.13 Å². The van der Waals surface area contributed by atoms with Crippen LogP contribution in [0.25, 0.3) is 20.2 Å². The number of methoxy groups -OCH3 is 2. The molecule has 11 nitrogen and oxygen atoms in total. The zero-order chi connectivity index (χ0) is 36.0. The molecular weight excluding hydrogens is 677 g/mol. The minimum Gasteiger partial charge on any atom is -0.477 e. The summed E-state index contributed by atoms with van der Waals surface area (Å²) in [4.78, 5) is 48.9. The summed E-state index contributed by atoms with van der Waals surface area (Å²) in [5, 5.41) is 13.6. The van der Waals surface area contributed by atoms with Gasteiger partial charge in [-0.1, -0.05) is 7.43 Å². The number of carbonyl (C=O) groups excluding carboxylic acids is 3. The van der Waals surface area contributed by atoms with E-state index in [4.69, 9.17) is 9.84 Å². The Morgan fingerprint density at radius 1 is 0.740 bits per heavy atom. The number of aryl methyl sites for hydroxylation is 4. The first kappa shape index (κ1) is 39.0. The fourth-order valence-electron chi connectivity index (χ4n) is 5.01. The predicted molar refractivity (Wildman–Crippen MR) is 203 cm³/mol. The molecule has 264 valence electrons. The van der Waals surface area contributed by atoms with Crippen LogP contribution in [0.4, 0.5) is 11.4 Å². The Kier molecular flexibility index (Phi) is 13.1. The van der Waals surface area contributed by atoms with Crippen molar-refractivity contribution in [2.24, 2.45) is 14.1 Å². The van der Waals surface area contributed by atoms with Crippen LogP contribution in [0.3, 0.4) is 0 Å². The Hall–Kier alpha value is -5.40. The molecule has 2 N–H and O–H groups in total. The molecule has 6 rings (SSSR count). The Balaban J connectivity index is 0.000000222. The Bertz CT molecular complexity index is 2160. The van der Waals surface area contributed by atoms with E-state index in [1.807, 2.05) is 87.2 Å². The number of fused-ring (bicyclic) bond motifs is 2. The highest BCUT2D eigenvalue weighted by Crippen LogP contribution is 2.31. The summed E-state index contributed by atoms with van der Waals surface area (Å²) in [6, 6.07) is 18.9. The topological polar surface area (TPSA) is 132 Å². The van der Waals surface area contributed by atoms with Crippen LogP contribution in [0, 0.1) is 13.8 Å². The average Bonchev–Trinajstić information content (AvgIpc) is 3.87. The van der Waals surface area contributed by atoms with Crippen LogP contribution in [0.5, 0.6) is 0 Å². The van der Waals surface area contributed by atoms with Crippen LogP contribution in [0.2, 0.25) is 0 Å². The van der Waals surface area contributed by atoms with Gasteiger partial charge < -0.3 is 33.9 Å². The highest BCUT2D eigenvalue weighted by atomic mass is 32.1. The maximum Gasteiger partial charge on any atom is 0.352 e. The van der Waals surface area contributed by atoms with Crippen molar-refractivity contribution in [3.63, 3.8) is 0 Å². The molecule has 0 aliphatic heterocycles. The zero-order valence-corrected chi connectivity index (χ0v) is 30.1. The lowest BCUT2D eigenvalue weighted by molar-refractivity contribution is 0.0597. The van der Waals surface area contributed by atoms with E-state index >= 15 is 0 Å². The molecule has 4 aromatic heterocycles. The number of ether oxygens (including phenoxy) is 2. The summed E-state index contributed by atoms with van der Waals surface area (Å²) in [6.07, 6.45) is 3.70. The van der Waals surface area contributed by atoms with Crippen molar-refractivity contribution in [3.05, 3.63) is 105 Å². The number of hydrogen-bond donors (Lipinski definition) is 2. The van der Waals surface area contributed by atoms with Gasteiger partial charge >= 0.3 is 17.9 Å². The van der Waals surface area contributed by atoms with E-state index in [1.165, 1.54) is 36.9 Å². The number of nitrogens with zero attached hydrogens (tertiary/aromatic N) is 3. The monoisotopic (exact) mass is 718 g/mol. The first-order valence-electron chi connectivity index (χ1n) is 14.9. The summed E-state index contributed by atoms with van der Waals surface area (Å²) >= 11 is 2.83. The van der Waals surface area contributed by atoms with Crippen LogP contribution in [0.1, 0.15) is 58.9 Å². The Morgan fingerprint density at radius 3 is 1.64 bits per heavy atom. The largest absolute Gasteiger partial charge is 0.477 e. The molecule has 0 atom stereocenters. The lowest BCUT2D eigenvalue weighted by Gasteiger charge is -2.17. The number of carboxylic acid groups (broad SMARTS) is 1. The molecule has 0 aliphatic rings. The van der Waals surface area contributed by atoms with Gasteiger partial charge in [0.25, 0.3) is 5.91 Å². The number of anilines is 2. The van der Waals surface area contributed by atoms with E-state index in [9.17, 15) is 19.2 Å². The van der Waals surface area contributed by atoms with Gasteiger partial charge in [-0.15, -0.1) is 22.7 Å². The van der Waals surface area contributed by atoms with Gasteiger partial charge in [0.2, 0.25) is 0 Å². The van der Waals surface area contributed by atoms with Gasteiger partial charge in [-0.2, -0.15) is 0 Å². The maximum absolute atomic E-state index is 12.7. The van der Waals surface area contributed by atoms with Gasteiger partial charge in [-0.3, -0.25) is 4.79 Å². The van der Waals surface area contributed by atoms with Crippen molar-refractivity contribution in [2.75, 3.05) is 38.5 Å². The minimum atomic E-state index is -0.879. The third kappa shape index (κ3) is 8.98. The quantitative estimate of drug-likeness (QED) is 0.166. The van der Waals surface area contributed by atoms with E-state index < -0.39 is 5.97 Å². The molecule has 0 fully saturated rings. The lowest BCUT2D eigenvalue weighted by Crippen LogP contribution is -2.27. The molecule has 2 aromatic carbocycles. The highest BCUT2D eigenvalue weighted by molar-refractivity contribution is 7.21. The standard InChI is InChI=1S/C18H18N2O3S.C11H11NO2S.C7H9NO2.CH4/c1-11-7-14(19(2)10-11)17(21)20(3)13-5-6-15-12(8-13)9-16(24-15)18(22)23-4;1-12-8-3-4-9-7(5-8)6-10(15-9)11(13)14-2;1-5-3-6(7(9)10)8(2)4-5;/h5-10H,1-4H3;3-6,12H,1-2H3;3-4H,1-2H3,(H,9,10);1H4. The van der Waals surface area contributed by atoms with E-state index in [1.54, 1.807) is 41.9 Å². The summed E-state index contributed by atoms with van der Waals surface area (Å²) in [7, 11) is 9.96. The molecule has 0 bridgehead atoms. The van der Waals surface area contributed by atoms with Crippen molar-refractivity contribution >= 4 is 78.0 Å². The summed E-state index contributed by atoms with van der Waals surface area (Å²) < 4.78 is 14.9. The van der Waals surface area contributed by atoms with Gasteiger partial charge in [0.05, 0.1) is 14.2 Å². The van der Waals surface area contributed by atoms with Crippen molar-refractivity contribution in [1.29, 1.82) is 0 Å². The van der Waals surface area contributed by atoms with Gasteiger partial charge in [0.1, 0.15) is 21.1 Å². The highest BCUT2D eigenvalue weighted by Gasteiger charge is 2.18. The van der Waals surface area contributed by atoms with Gasteiger partial charge in [0, 0.05) is 61.4 Å². The molecule has 0 aliphatic carbocycles. The van der Waals surface area contributed by atoms with E-state index in [0.29, 0.717) is 21.1 Å². The Labute approximate surface area is 299 Å². The number of thiophene rings is 2. The average molecular weight is 719 g/mol. The molecule has 0 spiro atoms. The summed E-state index contributed by atoms with van der Waals surface area (Å²) in [5.41, 5.74) is 4.80. The first-order chi connectivity index (χ1) is 23.3. The number of hydrogen-bond acceptors (Lipinski definition) is 9. The van der Waals surface area contributed by atoms with Crippen LogP contribution in [0.15, 0.2) is 73.1 Å². The van der Waals surface area contributed by atoms with Crippen LogP contribution < -0.4 is 10.2 Å². The Morgan fingerprint density at radius 2 is 1.22 bits per heavy atom. The van der Waals surface area contributed by atoms with Crippen LogP contribution in [-0.4, -0.2) is 66.4 Å². The first-order valence-corrected chi connectivity index (χ1v) is 16.6. The molecule has 1 amide bonds. The second-order valence-electron chi connectivity index (χ2n) is 11.1. The SMILES string of the molecule is C.CNc1ccc2sc(C(=O)OC)cc2c1.COC(=O)c1cc2cc(N(C)C(=O)c3cc(C)cn3C)ccc2s1.Cc1cc(C(=O)O)n(C)c1. The third-order valence-electron chi connectivity index (χ3n) is 7.49. The van der Waals surface area contributed by atoms with Crippen LogP contribution >= 0.6 is 22.7 Å². The maximum atomic E-state index is 12.7. The van der Waals surface area contributed by atoms with Crippen LogP contribution in [-0.2, 0) is 23.6 Å². The summed E-state index contributed by atoms with van der Waals surface area (Å²) in [6.45, 7) is 3.83. The fraction of sp³-hybridized carbons (Fsp3) is 0.243. The number of carbonyl (C=O) groups is 4. The molecule has 50 heavy (non-hydrogen) atoms. The minimum absolute atomic E-state index is 0. The van der Waals surface area contributed by atoms with E-state index in [0.717, 1.165) is 42.7 Å². The lowest BCUT2D eigenvalue weighted by atomic mass is 10.2. The number of carboxylic acids is 1. The van der Waals surface area contributed by atoms with Gasteiger partial charge in [0.15, 0.2) is 0 Å². The van der Waals surface area contributed by atoms with Gasteiger partial charge in [-0.05, 0) is 96.4 Å². The summed E-state index contributed by atoms with van der Waals surface area (Å²) in [5.74, 6) is -1.58. The molecule has 13 heteroatoms. The smallest absolute Gasteiger partial charge is 0.352 e. The molecule has 6 aromatic rings.